The van der Waals surface area contributed by atoms with E-state index in [1.165, 1.54) is 24.3 Å². The van der Waals surface area contributed by atoms with Gasteiger partial charge in [0.05, 0.1) is 44.3 Å². The summed E-state index contributed by atoms with van der Waals surface area (Å²) in [7, 11) is -5.13. The smallest absolute Gasteiger partial charge is 0.261 e. The third-order valence-electron chi connectivity index (χ3n) is 7.70. The fraction of sp³-hybridized carbons (Fsp3) is 0.467. The van der Waals surface area contributed by atoms with Crippen LogP contribution in [-0.4, -0.2) is 96.9 Å². The number of hydrogen-bond donors (Lipinski definition) is 0. The van der Waals surface area contributed by atoms with Crippen molar-refractivity contribution in [2.75, 3.05) is 36.1 Å². The van der Waals surface area contributed by atoms with Crippen LogP contribution < -0.4 is 0 Å². The second-order valence-corrected chi connectivity index (χ2v) is 18.1. The van der Waals surface area contributed by atoms with Crippen LogP contribution in [0.25, 0.3) is 0 Å². The number of sulfone groups is 2. The third-order valence-corrected chi connectivity index (χ3v) is 15.1. The molecule has 2 atom stereocenters. The van der Waals surface area contributed by atoms with Gasteiger partial charge in [0.1, 0.15) is 0 Å². The van der Waals surface area contributed by atoms with Crippen molar-refractivity contribution >= 4 is 64.9 Å². The minimum atomic E-state index is -3.71. The first-order valence-corrected chi connectivity index (χ1v) is 20.4. The first-order chi connectivity index (χ1) is 20.9. The van der Waals surface area contributed by atoms with Gasteiger partial charge < -0.3 is 0 Å². The van der Waals surface area contributed by atoms with Crippen LogP contribution in [0.3, 0.4) is 0 Å². The molecule has 2 heterocycles. The number of hydrogen-bond acceptors (Lipinski definition) is 10. The molecule has 10 nitrogen and oxygen atoms in total. The van der Waals surface area contributed by atoms with Crippen LogP contribution in [-0.2, 0) is 19.7 Å². The molecule has 2 aliphatic rings. The third kappa shape index (κ3) is 7.40. The molecule has 2 unspecified atom stereocenters. The highest BCUT2D eigenvalue weighted by molar-refractivity contribution is 8.76. The highest BCUT2D eigenvalue weighted by Gasteiger charge is 2.41. The molecule has 0 aliphatic carbocycles. The number of imide groups is 2. The minimum Gasteiger partial charge on any atom is -0.273 e. The van der Waals surface area contributed by atoms with Gasteiger partial charge in [-0.1, -0.05) is 72.5 Å². The zero-order chi connectivity index (χ0) is 32.1. The van der Waals surface area contributed by atoms with Gasteiger partial charge in [0.25, 0.3) is 23.6 Å². The Morgan fingerprint density at radius 3 is 1.14 bits per heavy atom. The average Bonchev–Trinajstić information content (AvgIpc) is 3.39. The van der Waals surface area contributed by atoms with Gasteiger partial charge >= 0.3 is 0 Å². The zero-order valence-corrected chi connectivity index (χ0v) is 27.9. The molecule has 0 bridgehead atoms. The van der Waals surface area contributed by atoms with Gasteiger partial charge in [-0.25, -0.2) is 16.8 Å². The summed E-state index contributed by atoms with van der Waals surface area (Å²) in [5.41, 5.74) is 0.935. The van der Waals surface area contributed by atoms with Crippen LogP contribution in [0.4, 0.5) is 0 Å². The van der Waals surface area contributed by atoms with E-state index in [9.17, 15) is 36.0 Å². The minimum absolute atomic E-state index is 0.0128. The molecule has 0 spiro atoms. The summed E-state index contributed by atoms with van der Waals surface area (Å²) in [5.74, 6) is -2.34. The van der Waals surface area contributed by atoms with Crippen molar-refractivity contribution in [2.45, 2.75) is 50.0 Å². The van der Waals surface area contributed by atoms with Crippen LogP contribution in [0, 0.1) is 0 Å². The van der Waals surface area contributed by atoms with Gasteiger partial charge in [0, 0.05) is 24.6 Å². The van der Waals surface area contributed by atoms with Crippen molar-refractivity contribution in [3.05, 3.63) is 70.8 Å². The summed E-state index contributed by atoms with van der Waals surface area (Å²) in [6.07, 6.45) is 2.15. The first-order valence-electron chi connectivity index (χ1n) is 14.5. The van der Waals surface area contributed by atoms with Crippen LogP contribution in [0.1, 0.15) is 81.0 Å². The Labute approximate surface area is 266 Å². The lowest BCUT2D eigenvalue weighted by molar-refractivity contribution is 0.0640. The number of carbonyl (C=O) groups excluding carboxylic acids is 4. The highest BCUT2D eigenvalue weighted by Crippen LogP contribution is 2.31. The SMILES string of the molecule is CCCCS(=O)(=O)C(CSSCC(CN1C(=O)c2ccccc2C1=O)S(=O)(=O)CCCC)CN1C(=O)c2ccccc2C1=O. The maximum atomic E-state index is 13.3. The topological polar surface area (TPSA) is 143 Å². The molecular weight excluding hydrogens is 645 g/mol. The number of rotatable bonds is 17. The van der Waals surface area contributed by atoms with E-state index in [4.69, 9.17) is 0 Å². The second-order valence-electron chi connectivity index (χ2n) is 10.8. The molecule has 14 heteroatoms. The molecule has 0 aromatic heterocycles. The van der Waals surface area contributed by atoms with Crippen molar-refractivity contribution in [1.29, 1.82) is 0 Å². The normalized spacial score (nSPS) is 16.4. The maximum absolute atomic E-state index is 13.3. The fourth-order valence-electron chi connectivity index (χ4n) is 5.03. The Bertz CT molecular complexity index is 1450. The molecule has 238 valence electrons. The molecular formula is C30H36N2O8S4. The van der Waals surface area contributed by atoms with E-state index in [1.54, 1.807) is 24.3 Å². The van der Waals surface area contributed by atoms with Crippen molar-refractivity contribution in [3.63, 3.8) is 0 Å². The summed E-state index contributed by atoms with van der Waals surface area (Å²) in [5, 5.41) is -2.11. The van der Waals surface area contributed by atoms with Crippen molar-refractivity contribution in [3.8, 4) is 0 Å². The summed E-state index contributed by atoms with van der Waals surface area (Å²) in [4.78, 5) is 53.8. The van der Waals surface area contributed by atoms with Gasteiger partial charge in [-0.05, 0) is 37.1 Å². The van der Waals surface area contributed by atoms with Gasteiger partial charge in [-0.3, -0.25) is 29.0 Å². The van der Waals surface area contributed by atoms with E-state index >= 15 is 0 Å². The molecule has 0 saturated carbocycles. The van der Waals surface area contributed by atoms with Crippen LogP contribution >= 0.6 is 21.6 Å². The highest BCUT2D eigenvalue weighted by atomic mass is 33.1. The van der Waals surface area contributed by atoms with Crippen molar-refractivity contribution in [1.82, 2.24) is 9.80 Å². The Hall–Kier alpha value is -2.68. The molecule has 2 aromatic rings. The first kappa shape index (κ1) is 34.2. The average molecular weight is 681 g/mol. The molecule has 0 saturated heterocycles. The van der Waals surface area contributed by atoms with Crippen molar-refractivity contribution in [2.24, 2.45) is 0 Å². The quantitative estimate of drug-likeness (QED) is 0.136. The number of fused-ring (bicyclic) bond motifs is 2. The molecule has 4 rings (SSSR count). The van der Waals surface area contributed by atoms with E-state index in [2.05, 4.69) is 0 Å². The fourth-order valence-corrected chi connectivity index (χ4v) is 12.7. The number of unbranched alkanes of at least 4 members (excludes halogenated alkanes) is 2. The lowest BCUT2D eigenvalue weighted by Gasteiger charge is -2.24. The lowest BCUT2D eigenvalue weighted by Crippen LogP contribution is -2.43. The number of amides is 4. The molecule has 0 N–H and O–H groups in total. The Balaban J connectivity index is 1.47. The molecule has 4 amide bonds. The molecule has 44 heavy (non-hydrogen) atoms. The molecule has 0 radical (unpaired) electrons. The largest absolute Gasteiger partial charge is 0.273 e. The maximum Gasteiger partial charge on any atom is 0.261 e. The predicted octanol–water partition coefficient (Wildman–Crippen LogP) is 4.13. The van der Waals surface area contributed by atoms with E-state index in [0.29, 0.717) is 25.7 Å². The molecule has 2 aromatic carbocycles. The Morgan fingerprint density at radius 1 is 0.568 bits per heavy atom. The monoisotopic (exact) mass is 680 g/mol. The summed E-state index contributed by atoms with van der Waals surface area (Å²) < 4.78 is 53.3. The number of benzene rings is 2. The van der Waals surface area contributed by atoms with E-state index < -0.39 is 53.8 Å². The summed E-state index contributed by atoms with van der Waals surface area (Å²) in [6, 6.07) is 12.7. The lowest BCUT2D eigenvalue weighted by atomic mass is 10.1. The van der Waals surface area contributed by atoms with Gasteiger partial charge in [-0.15, -0.1) is 0 Å². The van der Waals surface area contributed by atoms with E-state index in [0.717, 1.165) is 31.4 Å². The van der Waals surface area contributed by atoms with Crippen molar-refractivity contribution < 1.29 is 36.0 Å². The molecule has 0 fully saturated rings. The number of nitrogens with zero attached hydrogens (tertiary/aromatic N) is 2. The van der Waals surface area contributed by atoms with Gasteiger partial charge in [0.2, 0.25) is 0 Å². The van der Waals surface area contributed by atoms with Gasteiger partial charge in [0.15, 0.2) is 19.7 Å². The predicted molar refractivity (Wildman–Crippen MR) is 173 cm³/mol. The second kappa shape index (κ2) is 14.6. The Kier molecular flexibility index (Phi) is 11.4. The summed E-state index contributed by atoms with van der Waals surface area (Å²) >= 11 is 0. The van der Waals surface area contributed by atoms with E-state index in [-0.39, 0.29) is 58.4 Å². The molecule has 2 aliphatic heterocycles. The standard InChI is InChI=1S/C30H36N2O8S4/c1-3-5-15-43(37,38)21(17-31-27(33)23-11-7-8-12-24(23)28(31)34)19-41-42-20-22(44(39,40)16-6-4-2)18-32-29(35)25-13-9-10-14-26(25)30(32)36/h7-14,21-22H,3-6,15-20H2,1-2H3. The van der Waals surface area contributed by atoms with E-state index in [1.807, 2.05) is 13.8 Å². The van der Waals surface area contributed by atoms with Crippen LogP contribution in [0.5, 0.6) is 0 Å². The van der Waals surface area contributed by atoms with Crippen LogP contribution in [0.2, 0.25) is 0 Å². The Morgan fingerprint density at radius 2 is 0.864 bits per heavy atom. The van der Waals surface area contributed by atoms with Crippen LogP contribution in [0.15, 0.2) is 48.5 Å². The number of carbonyl (C=O) groups is 4. The van der Waals surface area contributed by atoms with Gasteiger partial charge in [-0.2, -0.15) is 0 Å². The summed E-state index contributed by atoms with van der Waals surface area (Å²) in [6.45, 7) is 3.12. The zero-order valence-electron chi connectivity index (χ0n) is 24.6.